The lowest BCUT2D eigenvalue weighted by Crippen LogP contribution is -2.21. The number of benzene rings is 4. The molecule has 0 saturated carbocycles. The van der Waals surface area contributed by atoms with Crippen molar-refractivity contribution >= 4 is 44.8 Å². The van der Waals surface area contributed by atoms with E-state index in [1.807, 2.05) is 55.4 Å². The molecule has 0 saturated heterocycles. The van der Waals surface area contributed by atoms with Crippen LogP contribution in [-0.4, -0.2) is 11.8 Å². The van der Waals surface area contributed by atoms with E-state index < -0.39 is 5.82 Å². The molecule has 0 heterocycles. The molecule has 0 unspecified atom stereocenters. The molecule has 0 atom stereocenters. The van der Waals surface area contributed by atoms with Crippen molar-refractivity contribution in [3.8, 4) is 0 Å². The molecule has 0 aliphatic rings. The van der Waals surface area contributed by atoms with Crippen LogP contribution in [0.25, 0.3) is 0 Å². The van der Waals surface area contributed by atoms with Crippen LogP contribution in [0.5, 0.6) is 0 Å². The number of aryl methyl sites for hydroxylation is 2. The number of nitrogens with one attached hydrogen (secondary N) is 3. The fourth-order valence-corrected chi connectivity index (χ4v) is 5.77. The van der Waals surface area contributed by atoms with Gasteiger partial charge in [0.25, 0.3) is 0 Å². The Bertz CT molecular complexity index is 1850. The third-order valence-corrected chi connectivity index (χ3v) is 8.38. The topological polar surface area (TPSA) is 96.2 Å². The van der Waals surface area contributed by atoms with Gasteiger partial charge in [-0.25, -0.2) is 17.6 Å². The van der Waals surface area contributed by atoms with Gasteiger partial charge in [0.2, 0.25) is 11.8 Å². The highest BCUT2D eigenvalue weighted by Gasteiger charge is 2.20. The van der Waals surface area contributed by atoms with Crippen molar-refractivity contribution in [3.05, 3.63) is 122 Å². The van der Waals surface area contributed by atoms with Crippen LogP contribution in [0.4, 0.5) is 34.6 Å². The first kappa shape index (κ1) is 44.9. The molecule has 0 aliphatic carbocycles. The number of carbonyl (C=O) groups excluding carboxylic acids is 2. The quantitative estimate of drug-likeness (QED) is 0.133. The monoisotopic (exact) mass is 800 g/mol. The molecule has 0 aromatic heterocycles. The molecule has 4 aromatic rings. The van der Waals surface area contributed by atoms with Crippen LogP contribution in [0, 0.1) is 61.8 Å². The number of nitrogens with two attached hydrogens (primary N) is 1. The number of carbonyl (C=O) groups is 2. The van der Waals surface area contributed by atoms with Crippen LogP contribution in [0.2, 0.25) is 0 Å². The van der Waals surface area contributed by atoms with E-state index in [0.717, 1.165) is 22.3 Å². The second-order valence-corrected chi connectivity index (χ2v) is 16.3. The minimum atomic E-state index is -0.399. The second kappa shape index (κ2) is 19.7. The zero-order chi connectivity index (χ0) is 40.3. The Labute approximate surface area is 320 Å². The van der Waals surface area contributed by atoms with Crippen molar-refractivity contribution in [2.24, 2.45) is 16.6 Å². The molecular formula is C42H53BrF4N4O2. The SMILES string of the molecule is Cc1cc(Br)c(F)c(C)c1NC(=O)CC(C)(C)C.Cc1cc(NCc2ccc(F)cc2)c(F)c(C)c1NC(=O)CC(C)(C)C.NCc1ccc(F)cc1. The summed E-state index contributed by atoms with van der Waals surface area (Å²) in [5.41, 5.74) is 10.8. The third-order valence-electron chi connectivity index (χ3n) is 7.80. The number of amides is 2. The predicted molar refractivity (Wildman–Crippen MR) is 213 cm³/mol. The Morgan fingerprint density at radius 1 is 0.642 bits per heavy atom. The van der Waals surface area contributed by atoms with Crippen molar-refractivity contribution in [1.82, 2.24) is 0 Å². The largest absolute Gasteiger partial charge is 0.379 e. The smallest absolute Gasteiger partial charge is 0.224 e. The Kier molecular flexibility index (Phi) is 16.7. The van der Waals surface area contributed by atoms with E-state index in [9.17, 15) is 27.2 Å². The molecule has 0 spiro atoms. The van der Waals surface area contributed by atoms with Gasteiger partial charge in [0.1, 0.15) is 17.5 Å². The molecule has 0 fully saturated rings. The fraction of sp³-hybridized carbons (Fsp3) is 0.381. The van der Waals surface area contributed by atoms with E-state index in [0.29, 0.717) is 58.6 Å². The van der Waals surface area contributed by atoms with Crippen LogP contribution in [0.1, 0.15) is 87.8 Å². The van der Waals surface area contributed by atoms with Crippen molar-refractivity contribution in [3.63, 3.8) is 0 Å². The van der Waals surface area contributed by atoms with Gasteiger partial charge >= 0.3 is 0 Å². The Hall–Kier alpha value is -4.22. The van der Waals surface area contributed by atoms with Gasteiger partial charge < -0.3 is 21.7 Å². The Morgan fingerprint density at radius 3 is 1.45 bits per heavy atom. The average Bonchev–Trinajstić information content (AvgIpc) is 3.05. The maximum atomic E-state index is 14.7. The highest BCUT2D eigenvalue weighted by molar-refractivity contribution is 9.10. The van der Waals surface area contributed by atoms with E-state index in [1.165, 1.54) is 24.3 Å². The summed E-state index contributed by atoms with van der Waals surface area (Å²) >= 11 is 3.16. The summed E-state index contributed by atoms with van der Waals surface area (Å²) in [6, 6.07) is 15.6. The van der Waals surface area contributed by atoms with Gasteiger partial charge in [0.15, 0.2) is 5.82 Å². The first-order valence-corrected chi connectivity index (χ1v) is 18.1. The van der Waals surface area contributed by atoms with Gasteiger partial charge in [-0.3, -0.25) is 9.59 Å². The number of rotatable bonds is 8. The van der Waals surface area contributed by atoms with E-state index >= 15 is 0 Å². The normalized spacial score (nSPS) is 11.1. The van der Waals surface area contributed by atoms with Crippen molar-refractivity contribution in [1.29, 1.82) is 0 Å². The van der Waals surface area contributed by atoms with Gasteiger partial charge in [0.05, 0.1) is 10.2 Å². The third kappa shape index (κ3) is 15.3. The number of anilines is 3. The van der Waals surface area contributed by atoms with Crippen molar-refractivity contribution in [2.45, 2.75) is 95.2 Å². The van der Waals surface area contributed by atoms with E-state index in [1.54, 1.807) is 50.2 Å². The van der Waals surface area contributed by atoms with E-state index in [4.69, 9.17) is 5.73 Å². The van der Waals surface area contributed by atoms with Gasteiger partial charge in [-0.15, -0.1) is 0 Å². The first-order chi connectivity index (χ1) is 24.5. The lowest BCUT2D eigenvalue weighted by Gasteiger charge is -2.20. The average molecular weight is 802 g/mol. The maximum absolute atomic E-state index is 14.7. The summed E-state index contributed by atoms with van der Waals surface area (Å²) in [5.74, 6) is -1.46. The van der Waals surface area contributed by atoms with Gasteiger partial charge in [0, 0.05) is 48.4 Å². The first-order valence-electron chi connectivity index (χ1n) is 17.3. The van der Waals surface area contributed by atoms with Crippen LogP contribution in [0.3, 0.4) is 0 Å². The number of halogens is 5. The molecule has 11 heteroatoms. The molecular weight excluding hydrogens is 748 g/mol. The zero-order valence-corrected chi connectivity index (χ0v) is 34.0. The molecule has 4 rings (SSSR count). The zero-order valence-electron chi connectivity index (χ0n) is 32.4. The van der Waals surface area contributed by atoms with Gasteiger partial charge in [-0.05, 0) is 113 Å². The summed E-state index contributed by atoms with van der Waals surface area (Å²) < 4.78 is 54.0. The van der Waals surface area contributed by atoms with E-state index in [-0.39, 0.29) is 40.1 Å². The van der Waals surface area contributed by atoms with Gasteiger partial charge in [-0.2, -0.15) is 0 Å². The minimum absolute atomic E-state index is 0.0835. The van der Waals surface area contributed by atoms with Crippen molar-refractivity contribution < 1.29 is 27.2 Å². The highest BCUT2D eigenvalue weighted by atomic mass is 79.9. The summed E-state index contributed by atoms with van der Waals surface area (Å²) in [7, 11) is 0. The summed E-state index contributed by atoms with van der Waals surface area (Å²) in [6.45, 7) is 19.8. The second-order valence-electron chi connectivity index (χ2n) is 15.4. The summed E-state index contributed by atoms with van der Waals surface area (Å²) in [5, 5.41) is 8.68. The summed E-state index contributed by atoms with van der Waals surface area (Å²) in [4.78, 5) is 24.1. The number of hydrogen-bond donors (Lipinski definition) is 4. The minimum Gasteiger partial charge on any atom is -0.379 e. The lowest BCUT2D eigenvalue weighted by atomic mass is 9.92. The summed E-state index contributed by atoms with van der Waals surface area (Å²) in [6.07, 6.45) is 0.766. The van der Waals surface area contributed by atoms with Crippen LogP contribution < -0.4 is 21.7 Å². The molecule has 0 radical (unpaired) electrons. The molecule has 0 bridgehead atoms. The predicted octanol–water partition coefficient (Wildman–Crippen LogP) is 11.4. The molecule has 4 aromatic carbocycles. The standard InChI is InChI=1S/C21H26F2N2O.C14H19BrFNO.C7H8FN/c1-13-10-17(24-12-15-6-8-16(22)9-7-15)19(23)14(2)20(13)25-18(26)11-21(3,4)5;1-8-6-10(15)12(16)9(2)13(8)17-11(18)7-14(3,4)5;8-7-3-1-6(5-9)2-4-7/h6-10,24H,11-12H2,1-5H3,(H,25,26);6H,7H2,1-5H3,(H,17,18);1-4H,5,9H2. The molecule has 0 aliphatic heterocycles. The molecule has 5 N–H and O–H groups in total. The fourth-order valence-electron chi connectivity index (χ4n) is 5.13. The van der Waals surface area contributed by atoms with Crippen LogP contribution in [-0.2, 0) is 22.7 Å². The number of hydrogen-bond acceptors (Lipinski definition) is 4. The molecule has 53 heavy (non-hydrogen) atoms. The molecule has 288 valence electrons. The lowest BCUT2D eigenvalue weighted by molar-refractivity contribution is -0.118. The van der Waals surface area contributed by atoms with Gasteiger partial charge in [-0.1, -0.05) is 65.8 Å². The highest BCUT2D eigenvalue weighted by Crippen LogP contribution is 2.32. The molecule has 2 amide bonds. The maximum Gasteiger partial charge on any atom is 0.224 e. The van der Waals surface area contributed by atoms with Crippen molar-refractivity contribution in [2.75, 3.05) is 16.0 Å². The van der Waals surface area contributed by atoms with Crippen LogP contribution >= 0.6 is 15.9 Å². The Morgan fingerprint density at radius 2 is 1.04 bits per heavy atom. The van der Waals surface area contributed by atoms with E-state index in [2.05, 4.69) is 31.9 Å². The Balaban J connectivity index is 0.000000309. The molecule has 6 nitrogen and oxygen atoms in total. The van der Waals surface area contributed by atoms with Crippen LogP contribution in [0.15, 0.2) is 65.1 Å².